The van der Waals surface area contributed by atoms with Gasteiger partial charge in [-0.05, 0) is 44.1 Å². The zero-order valence-corrected chi connectivity index (χ0v) is 15.6. The average Bonchev–Trinajstić information content (AvgIpc) is 2.63. The van der Waals surface area contributed by atoms with Crippen LogP contribution in [0.3, 0.4) is 0 Å². The van der Waals surface area contributed by atoms with Gasteiger partial charge in [0.1, 0.15) is 0 Å². The summed E-state index contributed by atoms with van der Waals surface area (Å²) in [5.41, 5.74) is 1.11. The SMILES string of the molecule is CCNC(=NCCC(=O)NCc1ccccc1)NC1CCC(C)CC1. The summed E-state index contributed by atoms with van der Waals surface area (Å²) >= 11 is 0. The lowest BCUT2D eigenvalue weighted by molar-refractivity contribution is -0.121. The fourth-order valence-corrected chi connectivity index (χ4v) is 3.07. The number of nitrogens with one attached hydrogen (secondary N) is 3. The number of hydrogen-bond donors (Lipinski definition) is 3. The van der Waals surface area contributed by atoms with Crippen molar-refractivity contribution in [2.24, 2.45) is 10.9 Å². The molecule has 0 spiro atoms. The molecule has 0 saturated heterocycles. The third-order valence-electron chi connectivity index (χ3n) is 4.64. The van der Waals surface area contributed by atoms with E-state index in [4.69, 9.17) is 0 Å². The number of carbonyl (C=O) groups is 1. The van der Waals surface area contributed by atoms with Crippen LogP contribution in [0.2, 0.25) is 0 Å². The summed E-state index contributed by atoms with van der Waals surface area (Å²) in [7, 11) is 0. The highest BCUT2D eigenvalue weighted by Crippen LogP contribution is 2.23. The van der Waals surface area contributed by atoms with E-state index in [2.05, 4.69) is 34.8 Å². The van der Waals surface area contributed by atoms with Gasteiger partial charge in [-0.2, -0.15) is 0 Å². The van der Waals surface area contributed by atoms with Crippen LogP contribution in [0.15, 0.2) is 35.3 Å². The van der Waals surface area contributed by atoms with Crippen LogP contribution in [-0.4, -0.2) is 31.0 Å². The van der Waals surface area contributed by atoms with Crippen LogP contribution in [0.5, 0.6) is 0 Å². The van der Waals surface area contributed by atoms with Crippen molar-refractivity contribution >= 4 is 11.9 Å². The monoisotopic (exact) mass is 344 g/mol. The lowest BCUT2D eigenvalue weighted by Crippen LogP contribution is -2.44. The van der Waals surface area contributed by atoms with E-state index in [1.165, 1.54) is 25.7 Å². The predicted octanol–water partition coefficient (Wildman–Crippen LogP) is 2.83. The van der Waals surface area contributed by atoms with E-state index in [9.17, 15) is 4.79 Å². The van der Waals surface area contributed by atoms with Crippen molar-refractivity contribution in [2.45, 2.75) is 58.5 Å². The molecule has 0 radical (unpaired) electrons. The van der Waals surface area contributed by atoms with Crippen molar-refractivity contribution in [3.63, 3.8) is 0 Å². The summed E-state index contributed by atoms with van der Waals surface area (Å²) in [5, 5.41) is 9.74. The quantitative estimate of drug-likeness (QED) is 0.526. The molecule has 1 aromatic rings. The molecular formula is C20H32N4O. The average molecular weight is 345 g/mol. The second kappa shape index (κ2) is 10.7. The van der Waals surface area contributed by atoms with Gasteiger partial charge in [-0.25, -0.2) is 0 Å². The lowest BCUT2D eigenvalue weighted by atomic mass is 9.87. The van der Waals surface area contributed by atoms with Crippen LogP contribution in [0.4, 0.5) is 0 Å². The number of rotatable bonds is 7. The minimum Gasteiger partial charge on any atom is -0.357 e. The topological polar surface area (TPSA) is 65.5 Å². The highest BCUT2D eigenvalue weighted by molar-refractivity contribution is 5.81. The maximum absolute atomic E-state index is 12.0. The smallest absolute Gasteiger partial charge is 0.222 e. The lowest BCUT2D eigenvalue weighted by Gasteiger charge is -2.28. The molecule has 5 nitrogen and oxygen atoms in total. The number of hydrogen-bond acceptors (Lipinski definition) is 2. The summed E-state index contributed by atoms with van der Waals surface area (Å²) in [6, 6.07) is 10.5. The fourth-order valence-electron chi connectivity index (χ4n) is 3.07. The van der Waals surface area contributed by atoms with Gasteiger partial charge in [0.25, 0.3) is 0 Å². The number of nitrogens with zero attached hydrogens (tertiary/aromatic N) is 1. The molecule has 5 heteroatoms. The van der Waals surface area contributed by atoms with Gasteiger partial charge in [-0.3, -0.25) is 9.79 Å². The predicted molar refractivity (Wildman–Crippen MR) is 103 cm³/mol. The summed E-state index contributed by atoms with van der Waals surface area (Å²) in [6.07, 6.45) is 5.36. The zero-order valence-electron chi connectivity index (χ0n) is 15.6. The first-order valence-corrected chi connectivity index (χ1v) is 9.52. The van der Waals surface area contributed by atoms with Gasteiger partial charge in [0.15, 0.2) is 5.96 Å². The van der Waals surface area contributed by atoms with E-state index in [0.29, 0.717) is 25.6 Å². The van der Waals surface area contributed by atoms with Gasteiger partial charge in [-0.15, -0.1) is 0 Å². The molecule has 0 unspecified atom stereocenters. The normalized spacial score (nSPS) is 20.8. The molecule has 0 aromatic heterocycles. The van der Waals surface area contributed by atoms with E-state index >= 15 is 0 Å². The minimum absolute atomic E-state index is 0.0370. The standard InChI is InChI=1S/C20H32N4O/c1-3-21-20(24-18-11-9-16(2)10-12-18)22-14-13-19(25)23-15-17-7-5-4-6-8-17/h4-8,16,18H,3,9-15H2,1-2H3,(H,23,25)(H2,21,22,24). The molecule has 1 aliphatic carbocycles. The summed E-state index contributed by atoms with van der Waals surface area (Å²) < 4.78 is 0. The maximum atomic E-state index is 12.0. The van der Waals surface area contributed by atoms with Crippen LogP contribution in [0.25, 0.3) is 0 Å². The summed E-state index contributed by atoms with van der Waals surface area (Å²) in [4.78, 5) is 16.5. The van der Waals surface area contributed by atoms with E-state index in [1.807, 2.05) is 30.3 Å². The van der Waals surface area contributed by atoms with Crippen molar-refractivity contribution < 1.29 is 4.79 Å². The van der Waals surface area contributed by atoms with E-state index in [0.717, 1.165) is 24.0 Å². The molecule has 0 heterocycles. The second-order valence-electron chi connectivity index (χ2n) is 6.87. The molecule has 1 aliphatic rings. The highest BCUT2D eigenvalue weighted by Gasteiger charge is 2.18. The largest absolute Gasteiger partial charge is 0.357 e. The first-order valence-electron chi connectivity index (χ1n) is 9.52. The third kappa shape index (κ3) is 7.59. The van der Waals surface area contributed by atoms with Gasteiger partial charge < -0.3 is 16.0 Å². The van der Waals surface area contributed by atoms with Gasteiger partial charge in [0.2, 0.25) is 5.91 Å². The van der Waals surface area contributed by atoms with Crippen LogP contribution in [-0.2, 0) is 11.3 Å². The molecule has 1 saturated carbocycles. The molecule has 138 valence electrons. The van der Waals surface area contributed by atoms with Crippen molar-refractivity contribution in [1.29, 1.82) is 0 Å². The second-order valence-corrected chi connectivity index (χ2v) is 6.87. The van der Waals surface area contributed by atoms with Crippen LogP contribution in [0.1, 0.15) is 51.5 Å². The summed E-state index contributed by atoms with van der Waals surface area (Å²) in [5.74, 6) is 1.71. The zero-order chi connectivity index (χ0) is 17.9. The Morgan fingerprint density at radius 1 is 1.12 bits per heavy atom. The third-order valence-corrected chi connectivity index (χ3v) is 4.64. The van der Waals surface area contributed by atoms with Gasteiger partial charge in [0, 0.05) is 25.6 Å². The number of amides is 1. The Labute approximate surface area is 151 Å². The van der Waals surface area contributed by atoms with Crippen molar-refractivity contribution in [3.05, 3.63) is 35.9 Å². The Kier molecular flexibility index (Phi) is 8.29. The fraction of sp³-hybridized carbons (Fsp3) is 0.600. The number of carbonyl (C=O) groups excluding carboxylic acids is 1. The molecule has 25 heavy (non-hydrogen) atoms. The molecular weight excluding hydrogens is 312 g/mol. The van der Waals surface area contributed by atoms with Gasteiger partial charge in [-0.1, -0.05) is 37.3 Å². The Hall–Kier alpha value is -2.04. The molecule has 1 aromatic carbocycles. The maximum Gasteiger partial charge on any atom is 0.222 e. The van der Waals surface area contributed by atoms with E-state index in [1.54, 1.807) is 0 Å². The Balaban J connectivity index is 1.71. The molecule has 2 rings (SSSR count). The van der Waals surface area contributed by atoms with Crippen LogP contribution >= 0.6 is 0 Å². The van der Waals surface area contributed by atoms with Crippen molar-refractivity contribution in [1.82, 2.24) is 16.0 Å². The Morgan fingerprint density at radius 3 is 2.52 bits per heavy atom. The van der Waals surface area contributed by atoms with Gasteiger partial charge >= 0.3 is 0 Å². The Bertz CT molecular complexity index is 536. The number of guanidine groups is 1. The highest BCUT2D eigenvalue weighted by atomic mass is 16.1. The minimum atomic E-state index is 0.0370. The molecule has 0 atom stereocenters. The van der Waals surface area contributed by atoms with Gasteiger partial charge in [0.05, 0.1) is 6.54 Å². The van der Waals surface area contributed by atoms with E-state index < -0.39 is 0 Å². The number of aliphatic imine (C=N–C) groups is 1. The number of benzene rings is 1. The molecule has 3 N–H and O–H groups in total. The first-order chi connectivity index (χ1) is 12.2. The van der Waals surface area contributed by atoms with E-state index in [-0.39, 0.29) is 5.91 Å². The molecule has 1 fully saturated rings. The van der Waals surface area contributed by atoms with Crippen molar-refractivity contribution in [3.8, 4) is 0 Å². The first kappa shape index (κ1) is 19.3. The van der Waals surface area contributed by atoms with Crippen LogP contribution in [0, 0.1) is 5.92 Å². The summed E-state index contributed by atoms with van der Waals surface area (Å²) in [6.45, 7) is 6.28. The molecule has 0 aliphatic heterocycles. The molecule has 1 amide bonds. The van der Waals surface area contributed by atoms with Crippen LogP contribution < -0.4 is 16.0 Å². The van der Waals surface area contributed by atoms with Crippen molar-refractivity contribution in [2.75, 3.05) is 13.1 Å². The molecule has 0 bridgehead atoms. The Morgan fingerprint density at radius 2 is 1.84 bits per heavy atom.